The number of hydrogen-bond donors (Lipinski definition) is 9. The van der Waals surface area contributed by atoms with Crippen molar-refractivity contribution in [2.75, 3.05) is 0 Å². The Morgan fingerprint density at radius 2 is 0.903 bits per heavy atom. The van der Waals surface area contributed by atoms with Crippen molar-refractivity contribution in [1.82, 2.24) is 37.2 Å². The minimum absolute atomic E-state index is 0.0396. The number of rotatable bonds is 23. The lowest BCUT2D eigenvalue weighted by Crippen LogP contribution is -2.61. The maximum Gasteiger partial charge on any atom is 0.328 e. The zero-order valence-corrected chi connectivity index (χ0v) is 45.3. The summed E-state index contributed by atoms with van der Waals surface area (Å²) in [6.07, 6.45) is 2.95. The van der Waals surface area contributed by atoms with E-state index in [1.54, 1.807) is 41.5 Å². The zero-order valence-electron chi connectivity index (χ0n) is 45.3. The first-order chi connectivity index (χ1) is 33.6. The SMILES string of the molecule is CC[C@@H](C)[C@@H]1NC(=O)[C@H](CC(C)C)NC(=O)[C@H](CC(C)C)NC(=O)[C@@H](CCC(=O)O)NC(=O)C[C@H](CCCCCCCC(C)C)OC(=O)[C@@H](CC(C)C)NC(=O)[C@@H](CC(C)C)NC(=O)[C@H](CC(=O)O)NC1=O. The molecule has 0 unspecified atom stereocenters. The molecule has 0 aromatic carbocycles. The molecule has 7 amide bonds. The predicted octanol–water partition coefficient (Wildman–Crippen LogP) is 4.65. The predicted molar refractivity (Wildman–Crippen MR) is 272 cm³/mol. The van der Waals surface area contributed by atoms with Gasteiger partial charge in [0.2, 0.25) is 41.4 Å². The molecule has 1 heterocycles. The Morgan fingerprint density at radius 3 is 1.36 bits per heavy atom. The van der Waals surface area contributed by atoms with Crippen LogP contribution in [0.5, 0.6) is 0 Å². The van der Waals surface area contributed by atoms with Crippen molar-refractivity contribution in [3.63, 3.8) is 0 Å². The molecule has 1 aliphatic heterocycles. The van der Waals surface area contributed by atoms with E-state index in [9.17, 15) is 58.2 Å². The van der Waals surface area contributed by atoms with Crippen molar-refractivity contribution < 1.29 is 62.9 Å². The largest absolute Gasteiger partial charge is 0.481 e. The summed E-state index contributed by atoms with van der Waals surface area (Å²) in [6, 6.07) is -9.63. The standard InChI is InChI=1S/C52H91N7O13/c1-13-34(12)45-51(70)57-40(28-44(63)64)49(68)55-38(24-31(6)7)48(67)58-41(26-33(10)11)52(71)72-35(20-18-16-14-15-17-19-29(2)3)27-42(60)53-36(21-22-43(61)62)46(65)54-37(23-30(4)5)47(66)56-39(25-32(8)9)50(69)59-45/h29-41,45H,13-28H2,1-12H3,(H,53,60)(H,54,65)(H,55,68)(H,56,66)(H,57,70)(H,58,67)(H,59,69)(H,61,62)(H,63,64)/t34-,35+,36-,37+,38-,39+,40+,41-,45+/m1/s1. The molecular weight excluding hydrogens is 931 g/mol. The van der Waals surface area contributed by atoms with Crippen LogP contribution in [0.3, 0.4) is 0 Å². The highest BCUT2D eigenvalue weighted by atomic mass is 16.5. The van der Waals surface area contributed by atoms with Gasteiger partial charge in [0, 0.05) is 6.42 Å². The molecule has 1 aliphatic rings. The van der Waals surface area contributed by atoms with Gasteiger partial charge in [-0.1, -0.05) is 122 Å². The highest BCUT2D eigenvalue weighted by molar-refractivity contribution is 5.98. The molecule has 1 fully saturated rings. The first kappa shape index (κ1) is 64.7. The molecule has 0 radical (unpaired) electrons. The van der Waals surface area contributed by atoms with Gasteiger partial charge in [0.05, 0.1) is 12.8 Å². The number of aliphatic carboxylic acids is 2. The summed E-state index contributed by atoms with van der Waals surface area (Å²) in [5, 5.41) is 38.0. The molecule has 0 bridgehead atoms. The van der Waals surface area contributed by atoms with Gasteiger partial charge in [-0.3, -0.25) is 43.2 Å². The van der Waals surface area contributed by atoms with Crippen molar-refractivity contribution in [3.8, 4) is 0 Å². The number of carboxylic acids is 2. The van der Waals surface area contributed by atoms with Crippen LogP contribution in [0.1, 0.15) is 186 Å². The number of ether oxygens (including phenoxy) is 1. The Labute approximate surface area is 428 Å². The van der Waals surface area contributed by atoms with E-state index in [0.29, 0.717) is 18.8 Å². The third kappa shape index (κ3) is 26.4. The van der Waals surface area contributed by atoms with Crippen molar-refractivity contribution in [2.24, 2.45) is 35.5 Å². The monoisotopic (exact) mass is 1020 g/mol. The van der Waals surface area contributed by atoms with Crippen LogP contribution in [-0.2, 0) is 52.7 Å². The van der Waals surface area contributed by atoms with Gasteiger partial charge in [-0.2, -0.15) is 0 Å². The summed E-state index contributed by atoms with van der Waals surface area (Å²) in [6.45, 7) is 22.2. The van der Waals surface area contributed by atoms with Crippen LogP contribution in [0.2, 0.25) is 0 Å². The maximum atomic E-state index is 14.2. The number of hydrogen-bond acceptors (Lipinski definition) is 11. The maximum absolute atomic E-state index is 14.2. The van der Waals surface area contributed by atoms with Crippen LogP contribution in [-0.4, -0.2) is 118 Å². The molecule has 9 N–H and O–H groups in total. The second-order valence-corrected chi connectivity index (χ2v) is 21.8. The minimum atomic E-state index is -1.72. The molecule has 0 aromatic heterocycles. The van der Waals surface area contributed by atoms with Crippen molar-refractivity contribution in [1.29, 1.82) is 0 Å². The number of carboxylic acid groups (broad SMARTS) is 2. The second-order valence-electron chi connectivity index (χ2n) is 21.8. The fraction of sp³-hybridized carbons (Fsp3) is 0.808. The molecule has 1 rings (SSSR count). The number of nitrogens with one attached hydrogen (secondary N) is 7. The van der Waals surface area contributed by atoms with Gasteiger partial charge >= 0.3 is 17.9 Å². The van der Waals surface area contributed by atoms with E-state index in [4.69, 9.17) is 4.74 Å². The van der Waals surface area contributed by atoms with Gasteiger partial charge in [-0.05, 0) is 80.5 Å². The smallest absolute Gasteiger partial charge is 0.328 e. The summed E-state index contributed by atoms with van der Waals surface area (Å²) in [4.78, 5) is 137. The summed E-state index contributed by atoms with van der Waals surface area (Å²) in [5.41, 5.74) is 0. The van der Waals surface area contributed by atoms with Gasteiger partial charge in [0.1, 0.15) is 48.4 Å². The minimum Gasteiger partial charge on any atom is -0.481 e. The zero-order chi connectivity index (χ0) is 54.8. The number of unbranched alkanes of at least 4 members (excludes halogenated alkanes) is 4. The summed E-state index contributed by atoms with van der Waals surface area (Å²) >= 11 is 0. The molecule has 1 saturated heterocycles. The van der Waals surface area contributed by atoms with Crippen LogP contribution in [0.15, 0.2) is 0 Å². The summed E-state index contributed by atoms with van der Waals surface area (Å²) < 4.78 is 6.03. The van der Waals surface area contributed by atoms with E-state index in [1.165, 1.54) is 0 Å². The molecule has 72 heavy (non-hydrogen) atoms. The lowest BCUT2D eigenvalue weighted by atomic mass is 9.95. The number of cyclic esters (lactones) is 1. The highest BCUT2D eigenvalue weighted by Gasteiger charge is 2.37. The fourth-order valence-corrected chi connectivity index (χ4v) is 8.39. The van der Waals surface area contributed by atoms with Crippen molar-refractivity contribution in [3.05, 3.63) is 0 Å². The van der Waals surface area contributed by atoms with E-state index in [1.807, 2.05) is 27.7 Å². The van der Waals surface area contributed by atoms with E-state index in [2.05, 4.69) is 51.1 Å². The second kappa shape index (κ2) is 33.4. The van der Waals surface area contributed by atoms with E-state index in [-0.39, 0.29) is 62.2 Å². The number of carbonyl (C=O) groups is 10. The Bertz CT molecular complexity index is 1790. The molecule has 412 valence electrons. The number of amides is 7. The van der Waals surface area contributed by atoms with Gasteiger partial charge < -0.3 is 52.2 Å². The normalized spacial score (nSPS) is 24.6. The topological polar surface area (TPSA) is 305 Å². The first-order valence-corrected chi connectivity index (χ1v) is 26.4. The lowest BCUT2D eigenvalue weighted by Gasteiger charge is -2.30. The van der Waals surface area contributed by atoms with Gasteiger partial charge in [0.15, 0.2) is 0 Å². The third-order valence-electron chi connectivity index (χ3n) is 12.4. The molecule has 20 nitrogen and oxygen atoms in total. The molecule has 20 heteroatoms. The molecule has 9 atom stereocenters. The van der Waals surface area contributed by atoms with Gasteiger partial charge in [0.25, 0.3) is 0 Å². The molecule has 0 aliphatic carbocycles. The molecule has 0 spiro atoms. The number of esters is 1. The van der Waals surface area contributed by atoms with Crippen LogP contribution < -0.4 is 37.2 Å². The number of carbonyl (C=O) groups excluding carboxylic acids is 8. The Kier molecular flexibility index (Phi) is 30.0. The summed E-state index contributed by atoms with van der Waals surface area (Å²) in [7, 11) is 0. The molecule has 0 saturated carbocycles. The van der Waals surface area contributed by atoms with Gasteiger partial charge in [-0.15, -0.1) is 0 Å². The highest BCUT2D eigenvalue weighted by Crippen LogP contribution is 2.19. The molecule has 0 aromatic rings. The lowest BCUT2D eigenvalue weighted by molar-refractivity contribution is -0.155. The van der Waals surface area contributed by atoms with E-state index in [0.717, 1.165) is 32.1 Å². The Hall–Kier alpha value is -5.30. The van der Waals surface area contributed by atoms with E-state index < -0.39 is 133 Å². The molecular formula is C52H91N7O13. The average Bonchev–Trinajstić information content (AvgIpc) is 3.26. The third-order valence-corrected chi connectivity index (χ3v) is 12.4. The van der Waals surface area contributed by atoms with Crippen LogP contribution in [0.4, 0.5) is 0 Å². The van der Waals surface area contributed by atoms with Crippen LogP contribution in [0, 0.1) is 35.5 Å². The quantitative estimate of drug-likeness (QED) is 0.0498. The Balaban J connectivity index is 4.03. The van der Waals surface area contributed by atoms with E-state index >= 15 is 0 Å². The Morgan fingerprint density at radius 1 is 0.486 bits per heavy atom. The first-order valence-electron chi connectivity index (χ1n) is 26.4. The average molecular weight is 1020 g/mol. The van der Waals surface area contributed by atoms with Crippen LogP contribution in [0.25, 0.3) is 0 Å². The van der Waals surface area contributed by atoms with Crippen LogP contribution >= 0.6 is 0 Å². The van der Waals surface area contributed by atoms with Crippen molar-refractivity contribution in [2.45, 2.75) is 234 Å². The summed E-state index contributed by atoms with van der Waals surface area (Å²) in [5.74, 6) is -10.1. The van der Waals surface area contributed by atoms with Gasteiger partial charge in [-0.25, -0.2) is 4.79 Å². The van der Waals surface area contributed by atoms with Crippen molar-refractivity contribution >= 4 is 59.3 Å². The fourth-order valence-electron chi connectivity index (χ4n) is 8.39.